The van der Waals surface area contributed by atoms with E-state index >= 15 is 0 Å². The van der Waals surface area contributed by atoms with E-state index in [1.165, 1.54) is 14.0 Å². The molecular weight excluding hydrogens is 306 g/mol. The molecule has 5 heteroatoms. The molecule has 1 amide bonds. The van der Waals surface area contributed by atoms with Crippen molar-refractivity contribution in [2.45, 2.75) is 26.9 Å². The van der Waals surface area contributed by atoms with Crippen molar-refractivity contribution in [2.24, 2.45) is 0 Å². The lowest BCUT2D eigenvalue weighted by atomic mass is 10.1. The first-order valence-electron chi connectivity index (χ1n) is 7.64. The number of hydrogen-bond acceptors (Lipinski definition) is 4. The molecule has 0 saturated carbocycles. The van der Waals surface area contributed by atoms with Crippen molar-refractivity contribution in [3.05, 3.63) is 59.2 Å². The molecule has 2 aromatic carbocycles. The van der Waals surface area contributed by atoms with Gasteiger partial charge in [0.1, 0.15) is 5.75 Å². The molecule has 1 atom stereocenters. The van der Waals surface area contributed by atoms with Crippen molar-refractivity contribution in [3.63, 3.8) is 0 Å². The van der Waals surface area contributed by atoms with Gasteiger partial charge in [-0.15, -0.1) is 0 Å². The maximum Gasteiger partial charge on any atom is 0.339 e. The lowest BCUT2D eigenvalue weighted by Gasteiger charge is -2.16. The topological polar surface area (TPSA) is 64.6 Å². The van der Waals surface area contributed by atoms with Crippen LogP contribution in [0.15, 0.2) is 42.5 Å². The van der Waals surface area contributed by atoms with Crippen molar-refractivity contribution in [3.8, 4) is 5.75 Å². The average Bonchev–Trinajstić information content (AvgIpc) is 2.55. The van der Waals surface area contributed by atoms with Crippen LogP contribution in [-0.2, 0) is 9.53 Å². The zero-order valence-electron chi connectivity index (χ0n) is 14.3. The van der Waals surface area contributed by atoms with Gasteiger partial charge in [0.05, 0.1) is 18.4 Å². The number of nitrogens with one attached hydrogen (secondary N) is 1. The molecule has 1 N–H and O–H groups in total. The van der Waals surface area contributed by atoms with Gasteiger partial charge in [-0.2, -0.15) is 0 Å². The fraction of sp³-hybridized carbons (Fsp3) is 0.263. The van der Waals surface area contributed by atoms with Crippen LogP contribution >= 0.6 is 0 Å². The smallest absolute Gasteiger partial charge is 0.339 e. The number of aryl methyl sites for hydroxylation is 2. The highest BCUT2D eigenvalue weighted by Gasteiger charge is 2.21. The first-order valence-corrected chi connectivity index (χ1v) is 7.64. The van der Waals surface area contributed by atoms with E-state index in [0.29, 0.717) is 17.0 Å². The van der Waals surface area contributed by atoms with E-state index in [1.807, 2.05) is 26.0 Å². The van der Waals surface area contributed by atoms with Crippen molar-refractivity contribution in [2.75, 3.05) is 12.4 Å². The molecule has 2 aromatic rings. The van der Waals surface area contributed by atoms with Gasteiger partial charge in [0.2, 0.25) is 0 Å². The van der Waals surface area contributed by atoms with Gasteiger partial charge in [-0.3, -0.25) is 4.79 Å². The molecule has 0 bridgehead atoms. The molecule has 126 valence electrons. The first kappa shape index (κ1) is 17.5. The number of carbonyl (C=O) groups is 2. The Hall–Kier alpha value is -2.82. The summed E-state index contributed by atoms with van der Waals surface area (Å²) in [5, 5.41) is 2.70. The molecule has 0 aliphatic heterocycles. The Morgan fingerprint density at radius 2 is 1.79 bits per heavy atom. The van der Waals surface area contributed by atoms with E-state index in [1.54, 1.807) is 30.3 Å². The summed E-state index contributed by atoms with van der Waals surface area (Å²) in [6, 6.07) is 12.5. The second kappa shape index (κ2) is 7.64. The van der Waals surface area contributed by atoms with Gasteiger partial charge >= 0.3 is 5.97 Å². The Labute approximate surface area is 141 Å². The number of para-hydroxylation sites is 2. The molecule has 0 aliphatic rings. The van der Waals surface area contributed by atoms with Crippen molar-refractivity contribution >= 4 is 17.6 Å². The lowest BCUT2D eigenvalue weighted by molar-refractivity contribution is -0.123. The zero-order chi connectivity index (χ0) is 17.7. The zero-order valence-corrected chi connectivity index (χ0v) is 14.3. The maximum absolute atomic E-state index is 12.2. The molecule has 0 fully saturated rings. The first-order chi connectivity index (χ1) is 11.4. The van der Waals surface area contributed by atoms with Crippen LogP contribution in [0, 0.1) is 13.8 Å². The van der Waals surface area contributed by atoms with Gasteiger partial charge < -0.3 is 14.8 Å². The van der Waals surface area contributed by atoms with Crippen LogP contribution in [-0.4, -0.2) is 25.1 Å². The van der Waals surface area contributed by atoms with Crippen LogP contribution in [0.25, 0.3) is 0 Å². The number of anilines is 1. The number of ether oxygens (including phenoxy) is 2. The Balaban J connectivity index is 2.04. The van der Waals surface area contributed by atoms with Gasteiger partial charge in [-0.05, 0) is 44.5 Å². The molecule has 5 nitrogen and oxygen atoms in total. The predicted octanol–water partition coefficient (Wildman–Crippen LogP) is 3.50. The third-order valence-corrected chi connectivity index (χ3v) is 3.62. The maximum atomic E-state index is 12.2. The average molecular weight is 327 g/mol. The van der Waals surface area contributed by atoms with E-state index in [-0.39, 0.29) is 0 Å². The Bertz CT molecular complexity index is 755. The summed E-state index contributed by atoms with van der Waals surface area (Å²) in [6.45, 7) is 5.32. The summed E-state index contributed by atoms with van der Waals surface area (Å²) in [6.07, 6.45) is -0.928. The molecule has 0 radical (unpaired) electrons. The van der Waals surface area contributed by atoms with Crippen LogP contribution in [0.2, 0.25) is 0 Å². The number of esters is 1. The summed E-state index contributed by atoms with van der Waals surface area (Å²) < 4.78 is 10.5. The van der Waals surface area contributed by atoms with Crippen LogP contribution < -0.4 is 10.1 Å². The third-order valence-electron chi connectivity index (χ3n) is 3.62. The van der Waals surface area contributed by atoms with Crippen molar-refractivity contribution in [1.29, 1.82) is 0 Å². The second-order valence-corrected chi connectivity index (χ2v) is 5.56. The van der Waals surface area contributed by atoms with Crippen LogP contribution in [0.4, 0.5) is 5.69 Å². The fourth-order valence-electron chi connectivity index (χ4n) is 2.30. The monoisotopic (exact) mass is 327 g/mol. The quantitative estimate of drug-likeness (QED) is 0.854. The molecule has 2 rings (SSSR count). The van der Waals surface area contributed by atoms with Gasteiger partial charge in [-0.1, -0.05) is 29.8 Å². The largest absolute Gasteiger partial charge is 0.495 e. The van der Waals surface area contributed by atoms with E-state index in [0.717, 1.165) is 11.1 Å². The van der Waals surface area contributed by atoms with E-state index in [4.69, 9.17) is 9.47 Å². The highest BCUT2D eigenvalue weighted by atomic mass is 16.5. The van der Waals surface area contributed by atoms with Crippen LogP contribution in [0.1, 0.15) is 28.4 Å². The van der Waals surface area contributed by atoms with Gasteiger partial charge in [0.15, 0.2) is 6.10 Å². The minimum atomic E-state index is -0.928. The second-order valence-electron chi connectivity index (χ2n) is 5.56. The SMILES string of the molecule is COc1ccccc1NC(=O)[C@@H](C)OC(=O)c1ccc(C)cc1C. The fourth-order valence-corrected chi connectivity index (χ4v) is 2.30. The van der Waals surface area contributed by atoms with E-state index in [9.17, 15) is 9.59 Å². The summed E-state index contributed by atoms with van der Waals surface area (Å²) in [5.74, 6) is -0.397. The summed E-state index contributed by atoms with van der Waals surface area (Å²) in [5.41, 5.74) is 2.86. The van der Waals surface area contributed by atoms with Crippen LogP contribution in [0.3, 0.4) is 0 Å². The molecule has 0 heterocycles. The van der Waals surface area contributed by atoms with Gasteiger partial charge in [0, 0.05) is 0 Å². The van der Waals surface area contributed by atoms with Crippen molar-refractivity contribution < 1.29 is 19.1 Å². The standard InChI is InChI=1S/C19H21NO4/c1-12-9-10-15(13(2)11-12)19(22)24-14(3)18(21)20-16-7-5-6-8-17(16)23-4/h5-11,14H,1-4H3,(H,20,21)/t14-/m1/s1. The Morgan fingerprint density at radius 3 is 2.46 bits per heavy atom. The number of benzene rings is 2. The third kappa shape index (κ3) is 4.13. The number of methoxy groups -OCH3 is 1. The predicted molar refractivity (Wildman–Crippen MR) is 92.4 cm³/mol. The summed E-state index contributed by atoms with van der Waals surface area (Å²) in [4.78, 5) is 24.5. The molecule has 0 unspecified atom stereocenters. The molecule has 0 saturated heterocycles. The molecular formula is C19H21NO4. The van der Waals surface area contributed by atoms with Gasteiger partial charge in [0.25, 0.3) is 5.91 Å². The van der Waals surface area contributed by atoms with Crippen molar-refractivity contribution in [1.82, 2.24) is 0 Å². The lowest BCUT2D eigenvalue weighted by Crippen LogP contribution is -2.30. The number of rotatable bonds is 5. The van der Waals surface area contributed by atoms with E-state index in [2.05, 4.69) is 5.32 Å². The number of carbonyl (C=O) groups excluding carboxylic acids is 2. The van der Waals surface area contributed by atoms with E-state index < -0.39 is 18.0 Å². The van der Waals surface area contributed by atoms with Crippen LogP contribution in [0.5, 0.6) is 5.75 Å². The molecule has 0 aliphatic carbocycles. The highest BCUT2D eigenvalue weighted by molar-refractivity contribution is 5.98. The summed E-state index contributed by atoms with van der Waals surface area (Å²) >= 11 is 0. The number of amides is 1. The molecule has 0 aromatic heterocycles. The minimum Gasteiger partial charge on any atom is -0.495 e. The van der Waals surface area contributed by atoms with Gasteiger partial charge in [-0.25, -0.2) is 4.79 Å². The Kier molecular flexibility index (Phi) is 5.58. The normalized spacial score (nSPS) is 11.5. The molecule has 0 spiro atoms. The highest BCUT2D eigenvalue weighted by Crippen LogP contribution is 2.23. The Morgan fingerprint density at radius 1 is 1.08 bits per heavy atom. The molecule has 24 heavy (non-hydrogen) atoms. The summed E-state index contributed by atoms with van der Waals surface area (Å²) in [7, 11) is 1.52. The number of hydrogen-bond donors (Lipinski definition) is 1. The minimum absolute atomic E-state index is 0.419.